The van der Waals surface area contributed by atoms with Gasteiger partial charge in [0, 0.05) is 32.7 Å². The third-order valence-corrected chi connectivity index (χ3v) is 7.05. The molecule has 1 saturated heterocycles. The van der Waals surface area contributed by atoms with Crippen LogP contribution in [0.4, 0.5) is 0 Å². The van der Waals surface area contributed by atoms with Crippen LogP contribution in [0.1, 0.15) is 62.0 Å². The van der Waals surface area contributed by atoms with Gasteiger partial charge in [0.1, 0.15) is 5.82 Å². The number of aromatic amines is 1. The number of rotatable bonds is 3. The highest BCUT2D eigenvalue weighted by atomic mass is 79.9. The van der Waals surface area contributed by atoms with Gasteiger partial charge in [0.2, 0.25) is 0 Å². The summed E-state index contributed by atoms with van der Waals surface area (Å²) in [6.07, 6.45) is 1.82. The van der Waals surface area contributed by atoms with E-state index in [4.69, 9.17) is 4.98 Å². The lowest BCUT2D eigenvalue weighted by Gasteiger charge is -2.46. The molecule has 2 heterocycles. The highest BCUT2D eigenvalue weighted by Gasteiger charge is 2.38. The average molecular weight is 483 g/mol. The summed E-state index contributed by atoms with van der Waals surface area (Å²) in [7, 11) is 0. The monoisotopic (exact) mass is 482 g/mol. The maximum absolute atomic E-state index is 12.9. The second-order valence-corrected chi connectivity index (χ2v) is 11.0. The van der Waals surface area contributed by atoms with Crippen LogP contribution in [0, 0.1) is 13.8 Å². The van der Waals surface area contributed by atoms with Crippen LogP contribution in [0.5, 0.6) is 0 Å². The summed E-state index contributed by atoms with van der Waals surface area (Å²) in [5, 5.41) is 6.90. The standard InChI is InChI=1S/C25H31BrN4O/c1-14-15(2)21-20(11-19(14)26)28-22(29-21)16-7-9-17(10-8-16)23(31)27-18-12-24(3,4)30-25(5,6)13-18/h7-11,18,30H,12-13H2,1-6H3,(H,27,31)(H,28,29). The molecule has 1 aliphatic rings. The molecule has 0 atom stereocenters. The summed E-state index contributed by atoms with van der Waals surface area (Å²) in [4.78, 5) is 21.1. The van der Waals surface area contributed by atoms with Crippen molar-refractivity contribution in [3.63, 3.8) is 0 Å². The van der Waals surface area contributed by atoms with Gasteiger partial charge in [0.15, 0.2) is 0 Å². The largest absolute Gasteiger partial charge is 0.349 e. The summed E-state index contributed by atoms with van der Waals surface area (Å²) in [5.74, 6) is 0.787. The van der Waals surface area contributed by atoms with Crippen LogP contribution in [0.2, 0.25) is 0 Å². The minimum Gasteiger partial charge on any atom is -0.349 e. The number of carbonyl (C=O) groups excluding carboxylic acids is 1. The number of nitrogens with one attached hydrogen (secondary N) is 3. The van der Waals surface area contributed by atoms with Crippen LogP contribution < -0.4 is 10.6 Å². The van der Waals surface area contributed by atoms with E-state index in [0.29, 0.717) is 5.56 Å². The average Bonchev–Trinajstić information content (AvgIpc) is 3.08. The molecule has 0 unspecified atom stereocenters. The van der Waals surface area contributed by atoms with Crippen molar-refractivity contribution in [2.45, 2.75) is 71.5 Å². The lowest BCUT2D eigenvalue weighted by molar-refractivity contribution is 0.0873. The molecule has 6 heteroatoms. The number of piperidine rings is 1. The fourth-order valence-corrected chi connectivity index (χ4v) is 5.50. The summed E-state index contributed by atoms with van der Waals surface area (Å²) < 4.78 is 1.07. The van der Waals surface area contributed by atoms with Gasteiger partial charge in [-0.05, 0) is 83.7 Å². The van der Waals surface area contributed by atoms with E-state index in [2.05, 4.69) is 79.2 Å². The molecular formula is C25H31BrN4O. The number of fused-ring (bicyclic) bond motifs is 1. The first-order chi connectivity index (χ1) is 14.4. The van der Waals surface area contributed by atoms with Crippen molar-refractivity contribution < 1.29 is 4.79 Å². The van der Waals surface area contributed by atoms with Crippen molar-refractivity contribution in [3.8, 4) is 11.4 Å². The number of halogens is 1. The smallest absolute Gasteiger partial charge is 0.251 e. The number of amides is 1. The zero-order chi connectivity index (χ0) is 22.6. The molecule has 0 saturated carbocycles. The van der Waals surface area contributed by atoms with Gasteiger partial charge in [-0.25, -0.2) is 4.98 Å². The number of nitrogens with zero attached hydrogens (tertiary/aromatic N) is 1. The second-order valence-electron chi connectivity index (χ2n) is 10.1. The maximum Gasteiger partial charge on any atom is 0.251 e. The lowest BCUT2D eigenvalue weighted by Crippen LogP contribution is -2.62. The molecule has 164 valence electrons. The minimum atomic E-state index is -0.0231. The molecule has 5 nitrogen and oxygen atoms in total. The van der Waals surface area contributed by atoms with Crippen molar-refractivity contribution >= 4 is 32.9 Å². The van der Waals surface area contributed by atoms with E-state index >= 15 is 0 Å². The predicted molar refractivity (Wildman–Crippen MR) is 130 cm³/mol. The third-order valence-electron chi connectivity index (χ3n) is 6.22. The first-order valence-electron chi connectivity index (χ1n) is 10.8. The highest BCUT2D eigenvalue weighted by Crippen LogP contribution is 2.30. The molecule has 0 aliphatic carbocycles. The molecule has 31 heavy (non-hydrogen) atoms. The highest BCUT2D eigenvalue weighted by molar-refractivity contribution is 9.10. The van der Waals surface area contributed by atoms with E-state index < -0.39 is 0 Å². The van der Waals surface area contributed by atoms with Gasteiger partial charge in [0.05, 0.1) is 11.0 Å². The Kier molecular flexibility index (Phi) is 5.51. The molecular weight excluding hydrogens is 452 g/mol. The van der Waals surface area contributed by atoms with Gasteiger partial charge in [-0.3, -0.25) is 4.79 Å². The summed E-state index contributed by atoms with van der Waals surface area (Å²) in [6.45, 7) is 12.9. The number of carbonyl (C=O) groups is 1. The topological polar surface area (TPSA) is 69.8 Å². The Bertz CT molecular complexity index is 1130. The maximum atomic E-state index is 12.9. The number of hydrogen-bond acceptors (Lipinski definition) is 3. The second kappa shape index (κ2) is 7.75. The Hall–Kier alpha value is -2.18. The summed E-state index contributed by atoms with van der Waals surface area (Å²) >= 11 is 3.62. The first kappa shape index (κ1) is 22.0. The normalized spacial score (nSPS) is 18.3. The number of hydrogen-bond donors (Lipinski definition) is 3. The Morgan fingerprint density at radius 1 is 1.06 bits per heavy atom. The molecule has 1 fully saturated rings. The molecule has 3 aromatic rings. The molecule has 0 bridgehead atoms. The number of aromatic nitrogens is 2. The van der Waals surface area contributed by atoms with E-state index in [1.807, 2.05) is 24.3 Å². The fraction of sp³-hybridized carbons (Fsp3) is 0.440. The van der Waals surface area contributed by atoms with E-state index in [-0.39, 0.29) is 23.0 Å². The number of imidazole rings is 1. The van der Waals surface area contributed by atoms with Gasteiger partial charge in [0.25, 0.3) is 5.91 Å². The number of benzene rings is 2. The Morgan fingerprint density at radius 3 is 2.29 bits per heavy atom. The van der Waals surface area contributed by atoms with Crippen LogP contribution in [0.15, 0.2) is 34.8 Å². The Labute approximate surface area is 192 Å². The van der Waals surface area contributed by atoms with Gasteiger partial charge in [-0.1, -0.05) is 28.1 Å². The molecule has 1 aliphatic heterocycles. The van der Waals surface area contributed by atoms with Crippen molar-refractivity contribution in [3.05, 3.63) is 51.5 Å². The van der Waals surface area contributed by atoms with Gasteiger partial charge in [-0.15, -0.1) is 0 Å². The quantitative estimate of drug-likeness (QED) is 0.451. The van der Waals surface area contributed by atoms with E-state index in [1.165, 1.54) is 5.56 Å². The molecule has 0 radical (unpaired) electrons. The van der Waals surface area contributed by atoms with Crippen molar-refractivity contribution in [1.82, 2.24) is 20.6 Å². The van der Waals surface area contributed by atoms with E-state index in [0.717, 1.165) is 45.3 Å². The SMILES string of the molecule is Cc1c(Br)cc2[nH]c(-c3ccc(C(=O)NC4CC(C)(C)NC(C)(C)C4)cc3)nc2c1C. The molecule has 4 rings (SSSR count). The van der Waals surface area contributed by atoms with Crippen molar-refractivity contribution in [2.75, 3.05) is 0 Å². The Morgan fingerprint density at radius 2 is 1.68 bits per heavy atom. The van der Waals surface area contributed by atoms with Crippen molar-refractivity contribution in [1.29, 1.82) is 0 Å². The minimum absolute atomic E-state index is 0.00364. The Balaban J connectivity index is 1.52. The molecule has 1 amide bonds. The fourth-order valence-electron chi connectivity index (χ4n) is 4.98. The van der Waals surface area contributed by atoms with E-state index in [1.54, 1.807) is 0 Å². The summed E-state index contributed by atoms with van der Waals surface area (Å²) in [6, 6.07) is 9.89. The van der Waals surface area contributed by atoms with Crippen LogP contribution >= 0.6 is 15.9 Å². The molecule has 2 aromatic carbocycles. The summed E-state index contributed by atoms with van der Waals surface area (Å²) in [5.41, 5.74) is 5.97. The zero-order valence-electron chi connectivity index (χ0n) is 19.1. The predicted octanol–water partition coefficient (Wildman–Crippen LogP) is 5.65. The number of H-pyrrole nitrogens is 1. The lowest BCUT2D eigenvalue weighted by atomic mass is 9.79. The molecule has 0 spiro atoms. The molecule has 1 aromatic heterocycles. The van der Waals surface area contributed by atoms with Gasteiger partial charge in [-0.2, -0.15) is 0 Å². The molecule has 3 N–H and O–H groups in total. The van der Waals surface area contributed by atoms with Gasteiger partial charge >= 0.3 is 0 Å². The number of aryl methyl sites for hydroxylation is 1. The van der Waals surface area contributed by atoms with Crippen LogP contribution in [-0.4, -0.2) is 33.0 Å². The third kappa shape index (κ3) is 4.55. The zero-order valence-corrected chi connectivity index (χ0v) is 20.7. The van der Waals surface area contributed by atoms with Crippen LogP contribution in [-0.2, 0) is 0 Å². The van der Waals surface area contributed by atoms with Crippen LogP contribution in [0.3, 0.4) is 0 Å². The van der Waals surface area contributed by atoms with E-state index in [9.17, 15) is 4.79 Å². The van der Waals surface area contributed by atoms with Crippen molar-refractivity contribution in [2.24, 2.45) is 0 Å². The van der Waals surface area contributed by atoms with Crippen LogP contribution in [0.25, 0.3) is 22.4 Å². The van der Waals surface area contributed by atoms with Gasteiger partial charge < -0.3 is 15.6 Å². The first-order valence-corrected chi connectivity index (χ1v) is 11.6.